The molecule has 0 N–H and O–H groups in total. The number of aryl methyl sites for hydroxylation is 1. The quantitative estimate of drug-likeness (QED) is 0.699. The molecule has 1 amide bonds. The Labute approximate surface area is 194 Å². The number of carbonyl (C=O) groups is 1. The van der Waals surface area contributed by atoms with Gasteiger partial charge in [-0.25, -0.2) is 5.01 Å². The van der Waals surface area contributed by atoms with E-state index in [-0.39, 0.29) is 11.9 Å². The third-order valence-corrected chi connectivity index (χ3v) is 6.84. The number of para-hydroxylation sites is 1. The second kappa shape index (κ2) is 9.25. The largest absolute Gasteiger partial charge is 0.496 e. The van der Waals surface area contributed by atoms with E-state index in [4.69, 9.17) is 19.3 Å². The fourth-order valence-corrected chi connectivity index (χ4v) is 4.94. The molecular weight excluding hydrogens is 418 g/mol. The monoisotopic (exact) mass is 449 g/mol. The Morgan fingerprint density at radius 2 is 1.79 bits per heavy atom. The Morgan fingerprint density at radius 3 is 2.48 bits per heavy atom. The zero-order chi connectivity index (χ0) is 22.8. The third-order valence-electron chi connectivity index (χ3n) is 6.84. The fourth-order valence-electron chi connectivity index (χ4n) is 4.94. The summed E-state index contributed by atoms with van der Waals surface area (Å²) in [6.45, 7) is 5.27. The zero-order valence-corrected chi connectivity index (χ0v) is 19.3. The van der Waals surface area contributed by atoms with Crippen LogP contribution in [0.5, 0.6) is 5.75 Å². The predicted octanol–water partition coefficient (Wildman–Crippen LogP) is 3.52. The maximum atomic E-state index is 13.5. The SMILES string of the molecule is COc1ccccc1C1=NN(C(=O)CN2CCC3(CC2)OCCO3)C(c2ccc(C)cc2)C1. The molecule has 0 radical (unpaired) electrons. The van der Waals surface area contributed by atoms with Crippen molar-refractivity contribution in [3.63, 3.8) is 0 Å². The summed E-state index contributed by atoms with van der Waals surface area (Å²) in [5, 5.41) is 6.51. The molecule has 33 heavy (non-hydrogen) atoms. The van der Waals surface area contributed by atoms with E-state index in [0.29, 0.717) is 26.2 Å². The second-order valence-corrected chi connectivity index (χ2v) is 9.00. The smallest absolute Gasteiger partial charge is 0.257 e. The van der Waals surface area contributed by atoms with Crippen LogP contribution in [0.1, 0.15) is 42.0 Å². The van der Waals surface area contributed by atoms with Crippen molar-refractivity contribution in [1.82, 2.24) is 9.91 Å². The van der Waals surface area contributed by atoms with E-state index in [1.165, 1.54) is 5.56 Å². The van der Waals surface area contributed by atoms with Crippen molar-refractivity contribution in [3.05, 3.63) is 65.2 Å². The minimum Gasteiger partial charge on any atom is -0.496 e. The third kappa shape index (κ3) is 4.53. The van der Waals surface area contributed by atoms with Gasteiger partial charge in [-0.1, -0.05) is 42.0 Å². The number of nitrogens with zero attached hydrogens (tertiary/aromatic N) is 3. The Bertz CT molecular complexity index is 1020. The van der Waals surface area contributed by atoms with Crippen LogP contribution in [0.25, 0.3) is 0 Å². The molecule has 0 aliphatic carbocycles. The standard InChI is InChI=1S/C26H31N3O4/c1-19-7-9-20(10-8-19)23-17-22(21-5-3-4-6-24(21)31-2)27-29(23)25(30)18-28-13-11-26(12-14-28)32-15-16-33-26/h3-10,23H,11-18H2,1-2H3. The molecular formula is C26H31N3O4. The Kier molecular flexibility index (Phi) is 6.19. The Morgan fingerprint density at radius 1 is 1.09 bits per heavy atom. The lowest BCUT2D eigenvalue weighted by molar-refractivity contribution is -0.186. The van der Waals surface area contributed by atoms with Crippen molar-refractivity contribution < 1.29 is 19.0 Å². The highest BCUT2D eigenvalue weighted by Gasteiger charge is 2.41. The summed E-state index contributed by atoms with van der Waals surface area (Å²) in [6.07, 6.45) is 2.23. The number of hydrogen-bond acceptors (Lipinski definition) is 6. The van der Waals surface area contributed by atoms with Gasteiger partial charge in [0.05, 0.1) is 38.6 Å². The van der Waals surface area contributed by atoms with E-state index >= 15 is 0 Å². The van der Waals surface area contributed by atoms with Crippen LogP contribution in [0.3, 0.4) is 0 Å². The van der Waals surface area contributed by atoms with Gasteiger partial charge in [0.2, 0.25) is 0 Å². The van der Waals surface area contributed by atoms with E-state index in [2.05, 4.69) is 36.1 Å². The zero-order valence-electron chi connectivity index (χ0n) is 19.3. The van der Waals surface area contributed by atoms with Gasteiger partial charge in [-0.15, -0.1) is 0 Å². The lowest BCUT2D eigenvalue weighted by Gasteiger charge is -2.37. The summed E-state index contributed by atoms with van der Waals surface area (Å²) in [4.78, 5) is 15.7. The first-order chi connectivity index (χ1) is 16.1. The highest BCUT2D eigenvalue weighted by Crippen LogP contribution is 2.36. The summed E-state index contributed by atoms with van der Waals surface area (Å²) in [5.41, 5.74) is 4.09. The van der Waals surface area contributed by atoms with E-state index < -0.39 is 5.79 Å². The molecule has 0 bridgehead atoms. The Hall–Kier alpha value is -2.74. The summed E-state index contributed by atoms with van der Waals surface area (Å²) < 4.78 is 17.2. The van der Waals surface area contributed by atoms with E-state index in [9.17, 15) is 4.79 Å². The average Bonchev–Trinajstić information content (AvgIpc) is 3.49. The molecule has 1 unspecified atom stereocenters. The lowest BCUT2D eigenvalue weighted by atomic mass is 9.97. The number of piperidine rings is 1. The first-order valence-corrected chi connectivity index (χ1v) is 11.7. The highest BCUT2D eigenvalue weighted by molar-refractivity contribution is 6.05. The molecule has 2 aromatic rings. The molecule has 0 saturated carbocycles. The van der Waals surface area contributed by atoms with Crippen LogP contribution in [0.4, 0.5) is 0 Å². The van der Waals surface area contributed by atoms with Gasteiger partial charge in [0.1, 0.15) is 5.75 Å². The number of hydrogen-bond donors (Lipinski definition) is 0. The van der Waals surface area contributed by atoms with Crippen molar-refractivity contribution in [2.45, 2.75) is 38.0 Å². The van der Waals surface area contributed by atoms with Gasteiger partial charge < -0.3 is 14.2 Å². The normalized spacial score (nSPS) is 22.5. The molecule has 1 atom stereocenters. The first kappa shape index (κ1) is 22.1. The molecule has 5 rings (SSSR count). The average molecular weight is 450 g/mol. The fraction of sp³-hybridized carbons (Fsp3) is 0.462. The molecule has 3 aliphatic heterocycles. The molecule has 2 aromatic carbocycles. The van der Waals surface area contributed by atoms with Crippen LogP contribution in [-0.2, 0) is 14.3 Å². The molecule has 7 heteroatoms. The minimum atomic E-state index is -0.438. The second-order valence-electron chi connectivity index (χ2n) is 9.00. The molecule has 174 valence electrons. The lowest BCUT2D eigenvalue weighted by Crippen LogP contribution is -2.48. The van der Waals surface area contributed by atoms with Crippen molar-refractivity contribution in [3.8, 4) is 5.75 Å². The van der Waals surface area contributed by atoms with Gasteiger partial charge >= 0.3 is 0 Å². The molecule has 2 saturated heterocycles. The number of rotatable bonds is 5. The molecule has 3 heterocycles. The molecule has 1 spiro atoms. The van der Waals surface area contributed by atoms with Crippen molar-refractivity contribution >= 4 is 11.6 Å². The predicted molar refractivity (Wildman–Crippen MR) is 125 cm³/mol. The van der Waals surface area contributed by atoms with Crippen LogP contribution in [0, 0.1) is 6.92 Å². The van der Waals surface area contributed by atoms with Crippen LogP contribution in [0.15, 0.2) is 53.6 Å². The van der Waals surface area contributed by atoms with E-state index in [1.54, 1.807) is 12.1 Å². The van der Waals surface area contributed by atoms with Crippen LogP contribution in [-0.4, -0.2) is 67.3 Å². The molecule has 3 aliphatic rings. The number of benzene rings is 2. The number of carbonyl (C=O) groups excluding carboxylic acids is 1. The molecule has 0 aromatic heterocycles. The number of ether oxygens (including phenoxy) is 3. The molecule has 7 nitrogen and oxygen atoms in total. The van der Waals surface area contributed by atoms with Crippen molar-refractivity contribution in [1.29, 1.82) is 0 Å². The van der Waals surface area contributed by atoms with Gasteiger partial charge in [-0.05, 0) is 24.6 Å². The van der Waals surface area contributed by atoms with E-state index in [1.807, 2.05) is 24.3 Å². The van der Waals surface area contributed by atoms with E-state index in [0.717, 1.165) is 48.5 Å². The maximum Gasteiger partial charge on any atom is 0.257 e. The summed E-state index contributed by atoms with van der Waals surface area (Å²) >= 11 is 0. The van der Waals surface area contributed by atoms with Crippen LogP contribution in [0.2, 0.25) is 0 Å². The highest BCUT2D eigenvalue weighted by atomic mass is 16.7. The van der Waals surface area contributed by atoms with Gasteiger partial charge in [0.25, 0.3) is 5.91 Å². The summed E-state index contributed by atoms with van der Waals surface area (Å²) in [6, 6.07) is 16.1. The summed E-state index contributed by atoms with van der Waals surface area (Å²) in [5.74, 6) is 0.341. The number of hydrazone groups is 1. The van der Waals surface area contributed by atoms with Crippen molar-refractivity contribution in [2.24, 2.45) is 5.10 Å². The van der Waals surface area contributed by atoms with Gasteiger partial charge in [-0.3, -0.25) is 9.69 Å². The summed E-state index contributed by atoms with van der Waals surface area (Å²) in [7, 11) is 1.66. The van der Waals surface area contributed by atoms with Gasteiger partial charge in [0.15, 0.2) is 5.79 Å². The Balaban J connectivity index is 1.36. The minimum absolute atomic E-state index is 0.00896. The van der Waals surface area contributed by atoms with Crippen LogP contribution >= 0.6 is 0 Å². The number of likely N-dealkylation sites (tertiary alicyclic amines) is 1. The van der Waals surface area contributed by atoms with Gasteiger partial charge in [0, 0.05) is 37.9 Å². The number of amides is 1. The van der Waals surface area contributed by atoms with Crippen molar-refractivity contribution in [2.75, 3.05) is 40.0 Å². The maximum absolute atomic E-state index is 13.5. The topological polar surface area (TPSA) is 63.6 Å². The first-order valence-electron chi connectivity index (χ1n) is 11.7. The van der Waals surface area contributed by atoms with Gasteiger partial charge in [-0.2, -0.15) is 5.10 Å². The van der Waals surface area contributed by atoms with Crippen LogP contribution < -0.4 is 4.74 Å². The molecule has 2 fully saturated rings. The number of methoxy groups -OCH3 is 1.